The average Bonchev–Trinajstić information content (AvgIpc) is 3.27. The molecule has 0 atom stereocenters. The standard InChI is InChI=1S/C23H29N3O3/c1-25(16-20-7-3-4-8-21(20)29-2)17-22(27)24-15-18-9-11-19(12-10-18)23(28)26-13-5-6-14-26/h3-4,7-12H,5-6,13-17H2,1-2H3,(H,24,27). The van der Waals surface area contributed by atoms with Crippen molar-refractivity contribution in [2.24, 2.45) is 0 Å². The first kappa shape index (κ1) is 20.9. The summed E-state index contributed by atoms with van der Waals surface area (Å²) in [6, 6.07) is 15.3. The summed E-state index contributed by atoms with van der Waals surface area (Å²) in [5, 5.41) is 2.94. The van der Waals surface area contributed by atoms with Gasteiger partial charge in [-0.15, -0.1) is 0 Å². The van der Waals surface area contributed by atoms with Crippen LogP contribution in [0.4, 0.5) is 0 Å². The number of benzene rings is 2. The van der Waals surface area contributed by atoms with Crippen LogP contribution in [0.3, 0.4) is 0 Å². The van der Waals surface area contributed by atoms with Crippen LogP contribution >= 0.6 is 0 Å². The molecule has 0 saturated carbocycles. The number of carbonyl (C=O) groups is 2. The van der Waals surface area contributed by atoms with E-state index in [1.54, 1.807) is 7.11 Å². The molecular weight excluding hydrogens is 366 g/mol. The van der Waals surface area contributed by atoms with Gasteiger partial charge in [0.1, 0.15) is 5.75 Å². The lowest BCUT2D eigenvalue weighted by atomic mass is 10.1. The Bertz CT molecular complexity index is 830. The van der Waals surface area contributed by atoms with Crippen LogP contribution in [0.5, 0.6) is 5.75 Å². The SMILES string of the molecule is COc1ccccc1CN(C)CC(=O)NCc1ccc(C(=O)N2CCCC2)cc1. The molecule has 0 aliphatic carbocycles. The molecule has 2 aromatic carbocycles. The molecule has 1 heterocycles. The highest BCUT2D eigenvalue weighted by molar-refractivity contribution is 5.94. The summed E-state index contributed by atoms with van der Waals surface area (Å²) in [6.07, 6.45) is 2.17. The maximum atomic E-state index is 12.4. The third kappa shape index (κ3) is 5.81. The molecule has 1 saturated heterocycles. The van der Waals surface area contributed by atoms with Crippen molar-refractivity contribution in [1.82, 2.24) is 15.1 Å². The van der Waals surface area contributed by atoms with Crippen molar-refractivity contribution < 1.29 is 14.3 Å². The number of likely N-dealkylation sites (tertiary alicyclic amines) is 1. The number of amides is 2. The molecule has 29 heavy (non-hydrogen) atoms. The Kier molecular flexibility index (Phi) is 7.25. The molecule has 0 spiro atoms. The fourth-order valence-corrected chi connectivity index (χ4v) is 3.55. The largest absolute Gasteiger partial charge is 0.496 e. The monoisotopic (exact) mass is 395 g/mol. The lowest BCUT2D eigenvalue weighted by molar-refractivity contribution is -0.122. The zero-order valence-corrected chi connectivity index (χ0v) is 17.2. The fourth-order valence-electron chi connectivity index (χ4n) is 3.55. The zero-order valence-electron chi connectivity index (χ0n) is 17.2. The van der Waals surface area contributed by atoms with Crippen LogP contribution in [0, 0.1) is 0 Å². The van der Waals surface area contributed by atoms with Gasteiger partial charge in [-0.05, 0) is 43.7 Å². The van der Waals surface area contributed by atoms with Crippen LogP contribution in [0.15, 0.2) is 48.5 Å². The second kappa shape index (κ2) is 10.1. The number of nitrogens with one attached hydrogen (secondary N) is 1. The highest BCUT2D eigenvalue weighted by Gasteiger charge is 2.19. The van der Waals surface area contributed by atoms with Gasteiger partial charge in [0, 0.05) is 37.3 Å². The highest BCUT2D eigenvalue weighted by Crippen LogP contribution is 2.18. The Labute approximate surface area is 172 Å². The fraction of sp³-hybridized carbons (Fsp3) is 0.391. The van der Waals surface area contributed by atoms with Crippen molar-refractivity contribution in [2.75, 3.05) is 33.8 Å². The van der Waals surface area contributed by atoms with Crippen LogP contribution in [0.25, 0.3) is 0 Å². The number of rotatable bonds is 8. The van der Waals surface area contributed by atoms with Crippen LogP contribution in [0.2, 0.25) is 0 Å². The highest BCUT2D eigenvalue weighted by atomic mass is 16.5. The molecule has 1 N–H and O–H groups in total. The Morgan fingerprint density at radius 1 is 1.07 bits per heavy atom. The predicted molar refractivity (Wildman–Crippen MR) is 113 cm³/mol. The summed E-state index contributed by atoms with van der Waals surface area (Å²) in [5.74, 6) is 0.874. The number of likely N-dealkylation sites (N-methyl/N-ethyl adjacent to an activating group) is 1. The van der Waals surface area contributed by atoms with Gasteiger partial charge in [0.15, 0.2) is 0 Å². The Morgan fingerprint density at radius 3 is 2.45 bits per heavy atom. The Morgan fingerprint density at radius 2 is 1.76 bits per heavy atom. The van der Waals surface area contributed by atoms with Crippen molar-refractivity contribution in [3.05, 3.63) is 65.2 Å². The number of carbonyl (C=O) groups excluding carboxylic acids is 2. The second-order valence-corrected chi connectivity index (χ2v) is 7.46. The number of ether oxygens (including phenoxy) is 1. The summed E-state index contributed by atoms with van der Waals surface area (Å²) in [7, 11) is 3.56. The average molecular weight is 396 g/mol. The zero-order chi connectivity index (χ0) is 20.6. The number of hydrogen-bond donors (Lipinski definition) is 1. The van der Waals surface area contributed by atoms with Gasteiger partial charge in [0.2, 0.25) is 5.91 Å². The molecule has 1 fully saturated rings. The minimum absolute atomic E-state index is 0.0420. The van der Waals surface area contributed by atoms with E-state index >= 15 is 0 Å². The first-order valence-electron chi connectivity index (χ1n) is 10.0. The molecule has 2 amide bonds. The van der Waals surface area contributed by atoms with Crippen molar-refractivity contribution >= 4 is 11.8 Å². The normalized spacial score (nSPS) is 13.6. The molecule has 1 aliphatic rings. The number of methoxy groups -OCH3 is 1. The van der Waals surface area contributed by atoms with E-state index in [-0.39, 0.29) is 11.8 Å². The van der Waals surface area contributed by atoms with Crippen molar-refractivity contribution in [3.63, 3.8) is 0 Å². The van der Waals surface area contributed by atoms with E-state index in [4.69, 9.17) is 4.74 Å². The quantitative estimate of drug-likeness (QED) is 0.747. The molecule has 0 unspecified atom stereocenters. The molecule has 3 rings (SSSR count). The van der Waals surface area contributed by atoms with Gasteiger partial charge in [0.25, 0.3) is 5.91 Å². The van der Waals surface area contributed by atoms with Crippen molar-refractivity contribution in [2.45, 2.75) is 25.9 Å². The van der Waals surface area contributed by atoms with Gasteiger partial charge in [-0.2, -0.15) is 0 Å². The van der Waals surface area contributed by atoms with Gasteiger partial charge in [0.05, 0.1) is 13.7 Å². The third-order valence-electron chi connectivity index (χ3n) is 5.13. The number of hydrogen-bond acceptors (Lipinski definition) is 4. The lowest BCUT2D eigenvalue weighted by Gasteiger charge is -2.18. The van der Waals surface area contributed by atoms with Crippen molar-refractivity contribution in [3.8, 4) is 5.75 Å². The molecule has 6 heteroatoms. The summed E-state index contributed by atoms with van der Waals surface area (Å²) >= 11 is 0. The third-order valence-corrected chi connectivity index (χ3v) is 5.13. The van der Waals surface area contributed by atoms with E-state index in [9.17, 15) is 9.59 Å². The smallest absolute Gasteiger partial charge is 0.253 e. The molecule has 1 aliphatic heterocycles. The summed E-state index contributed by atoms with van der Waals surface area (Å²) in [5.41, 5.74) is 2.73. The van der Waals surface area contributed by atoms with Crippen LogP contribution in [-0.4, -0.2) is 55.4 Å². The van der Waals surface area contributed by atoms with Crippen LogP contribution < -0.4 is 10.1 Å². The van der Waals surface area contributed by atoms with Crippen LogP contribution in [-0.2, 0) is 17.9 Å². The maximum Gasteiger partial charge on any atom is 0.253 e. The first-order valence-corrected chi connectivity index (χ1v) is 10.0. The summed E-state index contributed by atoms with van der Waals surface area (Å²) < 4.78 is 5.36. The van der Waals surface area contributed by atoms with E-state index in [2.05, 4.69) is 5.32 Å². The van der Waals surface area contributed by atoms with Gasteiger partial charge in [-0.1, -0.05) is 30.3 Å². The summed E-state index contributed by atoms with van der Waals surface area (Å²) in [4.78, 5) is 28.5. The molecular formula is C23H29N3O3. The van der Waals surface area contributed by atoms with E-state index in [0.717, 1.165) is 42.8 Å². The molecule has 2 aromatic rings. The number of nitrogens with zero attached hydrogens (tertiary/aromatic N) is 2. The van der Waals surface area contributed by atoms with Gasteiger partial charge in [-0.3, -0.25) is 14.5 Å². The summed E-state index contributed by atoms with van der Waals surface area (Å²) in [6.45, 7) is 3.06. The molecule has 0 radical (unpaired) electrons. The molecule has 6 nitrogen and oxygen atoms in total. The lowest BCUT2D eigenvalue weighted by Crippen LogP contribution is -2.34. The molecule has 154 valence electrons. The maximum absolute atomic E-state index is 12.4. The van der Waals surface area contributed by atoms with E-state index in [1.807, 2.05) is 65.4 Å². The minimum atomic E-state index is -0.0420. The minimum Gasteiger partial charge on any atom is -0.496 e. The van der Waals surface area contributed by atoms with Crippen LogP contribution in [0.1, 0.15) is 34.3 Å². The molecule has 0 aromatic heterocycles. The van der Waals surface area contributed by atoms with Gasteiger partial charge >= 0.3 is 0 Å². The van der Waals surface area contributed by atoms with E-state index in [0.29, 0.717) is 25.2 Å². The van der Waals surface area contributed by atoms with Gasteiger partial charge < -0.3 is 15.0 Å². The second-order valence-electron chi connectivity index (χ2n) is 7.46. The van der Waals surface area contributed by atoms with E-state index in [1.165, 1.54) is 0 Å². The Hall–Kier alpha value is -2.86. The number of para-hydroxylation sites is 1. The Balaban J connectivity index is 1.45. The van der Waals surface area contributed by atoms with Gasteiger partial charge in [-0.25, -0.2) is 0 Å². The molecule has 0 bridgehead atoms. The van der Waals surface area contributed by atoms with E-state index < -0.39 is 0 Å². The first-order chi connectivity index (χ1) is 14.1. The predicted octanol–water partition coefficient (Wildman–Crippen LogP) is 2.68. The topological polar surface area (TPSA) is 61.9 Å². The van der Waals surface area contributed by atoms with Crippen molar-refractivity contribution in [1.29, 1.82) is 0 Å².